The number of hydrogen-bond donors (Lipinski definition) is 2. The smallest absolute Gasteiger partial charge is 0.329 e. The monoisotopic (exact) mass is 294 g/mol. The van der Waals surface area contributed by atoms with Crippen molar-refractivity contribution < 1.29 is 4.39 Å². The van der Waals surface area contributed by atoms with Gasteiger partial charge in [-0.1, -0.05) is 23.5 Å². The molecule has 0 aliphatic carbocycles. The fourth-order valence-corrected chi connectivity index (χ4v) is 3.23. The maximum absolute atomic E-state index is 13.7. The van der Waals surface area contributed by atoms with Crippen LogP contribution in [0.1, 0.15) is 12.8 Å². The molecule has 7 heteroatoms. The summed E-state index contributed by atoms with van der Waals surface area (Å²) in [5.74, 6) is 5.85. The van der Waals surface area contributed by atoms with Crippen molar-refractivity contribution in [2.45, 2.75) is 12.8 Å². The van der Waals surface area contributed by atoms with Gasteiger partial charge in [0.15, 0.2) is 5.82 Å². The molecule has 106 valence electrons. The average molecular weight is 294 g/mol. The predicted octanol–water partition coefficient (Wildman–Crippen LogP) is 2.11. The number of nitrogens with two attached hydrogens (primary N) is 1. The zero-order valence-electron chi connectivity index (χ0n) is 10.8. The fourth-order valence-electron chi connectivity index (χ4n) is 2.31. The molecule has 5 nitrogen and oxygen atoms in total. The summed E-state index contributed by atoms with van der Waals surface area (Å²) in [6.45, 7) is 1.79. The highest BCUT2D eigenvalue weighted by atomic mass is 32.1. The van der Waals surface area contributed by atoms with Gasteiger partial charge in [-0.25, -0.2) is 4.39 Å². The van der Waals surface area contributed by atoms with E-state index in [4.69, 9.17) is 5.84 Å². The molecular weight excluding hydrogens is 279 g/mol. The van der Waals surface area contributed by atoms with Crippen LogP contribution in [-0.2, 0) is 0 Å². The third-order valence-corrected chi connectivity index (χ3v) is 4.36. The summed E-state index contributed by atoms with van der Waals surface area (Å²) in [7, 11) is 0. The third-order valence-electron chi connectivity index (χ3n) is 3.34. The summed E-state index contributed by atoms with van der Waals surface area (Å²) in [6, 6.07) is 6.33. The number of benzene rings is 1. The normalized spacial score (nSPS) is 14.8. The van der Waals surface area contributed by atoms with Crippen molar-refractivity contribution in [3.05, 3.63) is 39.8 Å². The highest BCUT2D eigenvalue weighted by Crippen LogP contribution is 2.33. The fraction of sp³-hybridized carbons (Fsp3) is 0.308. The number of nitrogens with one attached hydrogen (secondary N) is 1. The van der Waals surface area contributed by atoms with Crippen LogP contribution < -0.4 is 20.9 Å². The molecule has 0 spiro atoms. The zero-order chi connectivity index (χ0) is 14.1. The first kappa shape index (κ1) is 13.0. The van der Waals surface area contributed by atoms with Crippen LogP contribution in [0, 0.1) is 5.82 Å². The number of aromatic nitrogens is 1. The topological polar surface area (TPSA) is 63.3 Å². The summed E-state index contributed by atoms with van der Waals surface area (Å²) >= 11 is 1.09. The molecule has 1 aliphatic rings. The number of para-hydroxylation sites is 1. The molecule has 3 N–H and O–H groups in total. The van der Waals surface area contributed by atoms with Crippen molar-refractivity contribution in [3.8, 4) is 0 Å². The lowest BCUT2D eigenvalue weighted by Gasteiger charge is -2.18. The number of halogens is 1. The Balaban J connectivity index is 2.00. The van der Waals surface area contributed by atoms with Crippen LogP contribution in [0.4, 0.5) is 20.9 Å². The lowest BCUT2D eigenvalue weighted by molar-refractivity contribution is 0.631. The maximum Gasteiger partial charge on any atom is 0.329 e. The van der Waals surface area contributed by atoms with Gasteiger partial charge in [0.05, 0.1) is 5.69 Å². The molecule has 2 aromatic rings. The van der Waals surface area contributed by atoms with Crippen LogP contribution in [-0.4, -0.2) is 17.8 Å². The van der Waals surface area contributed by atoms with Crippen LogP contribution in [0.5, 0.6) is 0 Å². The quantitative estimate of drug-likeness (QED) is 0.851. The molecule has 0 atom stereocenters. The van der Waals surface area contributed by atoms with E-state index in [1.807, 2.05) is 0 Å². The molecule has 1 fully saturated rings. The second-order valence-electron chi connectivity index (χ2n) is 4.69. The number of thiazole rings is 1. The number of hydrogen-bond acceptors (Lipinski definition) is 5. The van der Waals surface area contributed by atoms with Crippen LogP contribution in [0.3, 0.4) is 0 Å². The Hall–Kier alpha value is -2.02. The lowest BCUT2D eigenvalue weighted by Crippen LogP contribution is -2.24. The molecule has 0 unspecified atom stereocenters. The Morgan fingerprint density at radius 1 is 1.25 bits per heavy atom. The van der Waals surface area contributed by atoms with Crippen molar-refractivity contribution in [1.82, 2.24) is 4.68 Å². The summed E-state index contributed by atoms with van der Waals surface area (Å²) in [5.41, 5.74) is 0.310. The first-order valence-corrected chi connectivity index (χ1v) is 7.26. The van der Waals surface area contributed by atoms with Gasteiger partial charge in [-0.15, -0.1) is 0 Å². The summed E-state index contributed by atoms with van der Waals surface area (Å²) in [5, 5.41) is 3.71. The first-order chi connectivity index (χ1) is 9.66. The van der Waals surface area contributed by atoms with E-state index in [1.165, 1.54) is 6.07 Å². The molecule has 1 aromatic carbocycles. The molecule has 1 aromatic heterocycles. The van der Waals surface area contributed by atoms with E-state index in [2.05, 4.69) is 10.2 Å². The molecule has 0 radical (unpaired) electrons. The maximum atomic E-state index is 13.7. The second-order valence-corrected chi connectivity index (χ2v) is 5.63. The van der Waals surface area contributed by atoms with Gasteiger partial charge in [0.25, 0.3) is 0 Å². The van der Waals surface area contributed by atoms with Crippen LogP contribution in [0.25, 0.3) is 0 Å². The number of nitrogen functional groups attached to an aromatic ring is 1. The highest BCUT2D eigenvalue weighted by molar-refractivity contribution is 7.14. The SMILES string of the molecule is Nn1c(Nc2ccccc2F)c(N2CCCC2)sc1=O. The van der Waals surface area contributed by atoms with Gasteiger partial charge in [-0.05, 0) is 25.0 Å². The van der Waals surface area contributed by atoms with Crippen molar-refractivity contribution in [2.24, 2.45) is 0 Å². The van der Waals surface area contributed by atoms with E-state index < -0.39 is 0 Å². The van der Waals surface area contributed by atoms with E-state index >= 15 is 0 Å². The van der Waals surface area contributed by atoms with Gasteiger partial charge in [-0.3, -0.25) is 4.79 Å². The van der Waals surface area contributed by atoms with Gasteiger partial charge >= 0.3 is 4.87 Å². The molecule has 0 saturated carbocycles. The summed E-state index contributed by atoms with van der Waals surface area (Å²) < 4.78 is 14.8. The van der Waals surface area contributed by atoms with Gasteiger partial charge in [0, 0.05) is 13.1 Å². The summed E-state index contributed by atoms with van der Waals surface area (Å²) in [6.07, 6.45) is 2.19. The minimum Gasteiger partial charge on any atom is -0.360 e. The Morgan fingerprint density at radius 3 is 2.65 bits per heavy atom. The van der Waals surface area contributed by atoms with Crippen LogP contribution in [0.2, 0.25) is 0 Å². The predicted molar refractivity (Wildman–Crippen MR) is 79.9 cm³/mol. The highest BCUT2D eigenvalue weighted by Gasteiger charge is 2.22. The number of nitrogens with zero attached hydrogens (tertiary/aromatic N) is 2. The largest absolute Gasteiger partial charge is 0.360 e. The van der Waals surface area contributed by atoms with E-state index in [9.17, 15) is 9.18 Å². The first-order valence-electron chi connectivity index (χ1n) is 6.44. The third kappa shape index (κ3) is 2.24. The van der Waals surface area contributed by atoms with E-state index in [0.717, 1.165) is 46.9 Å². The Bertz CT molecular complexity index is 675. The van der Waals surface area contributed by atoms with E-state index in [0.29, 0.717) is 11.5 Å². The molecule has 3 rings (SSSR count). The minimum absolute atomic E-state index is 0.259. The Morgan fingerprint density at radius 2 is 1.95 bits per heavy atom. The van der Waals surface area contributed by atoms with Crippen LogP contribution in [0.15, 0.2) is 29.1 Å². The Kier molecular flexibility index (Phi) is 3.35. The standard InChI is InChI=1S/C13H15FN4OS/c14-9-5-1-2-6-10(9)16-11-12(17-7-3-4-8-17)20-13(19)18(11)15/h1-2,5-6,16H,3-4,7-8,15H2. The molecule has 0 amide bonds. The zero-order valence-corrected chi connectivity index (χ0v) is 11.6. The van der Waals surface area contributed by atoms with Gasteiger partial charge in [0.2, 0.25) is 0 Å². The summed E-state index contributed by atoms with van der Waals surface area (Å²) in [4.78, 5) is 13.6. The van der Waals surface area contributed by atoms with Crippen molar-refractivity contribution >= 4 is 27.8 Å². The molecule has 0 bridgehead atoms. The Labute approximate surface area is 119 Å². The van der Waals surface area contributed by atoms with Gasteiger partial charge in [-0.2, -0.15) is 4.68 Å². The van der Waals surface area contributed by atoms with Crippen molar-refractivity contribution in [3.63, 3.8) is 0 Å². The van der Waals surface area contributed by atoms with Gasteiger partial charge < -0.3 is 16.1 Å². The van der Waals surface area contributed by atoms with Crippen molar-refractivity contribution in [2.75, 3.05) is 29.1 Å². The van der Waals surface area contributed by atoms with Gasteiger partial charge in [0.1, 0.15) is 10.8 Å². The van der Waals surface area contributed by atoms with E-state index in [1.54, 1.807) is 18.2 Å². The average Bonchev–Trinajstić information content (AvgIpc) is 3.05. The molecule has 1 aliphatic heterocycles. The lowest BCUT2D eigenvalue weighted by atomic mass is 10.3. The number of rotatable bonds is 3. The van der Waals surface area contributed by atoms with Crippen LogP contribution >= 0.6 is 11.3 Å². The number of anilines is 3. The molecular formula is C13H15FN4OS. The second kappa shape index (κ2) is 5.16. The molecule has 20 heavy (non-hydrogen) atoms. The van der Waals surface area contributed by atoms with E-state index in [-0.39, 0.29) is 10.7 Å². The molecule has 2 heterocycles. The minimum atomic E-state index is -0.376. The van der Waals surface area contributed by atoms with Crippen molar-refractivity contribution in [1.29, 1.82) is 0 Å². The molecule has 1 saturated heterocycles.